The first-order valence-electron chi connectivity index (χ1n) is 4.50. The lowest BCUT2D eigenvalue weighted by molar-refractivity contribution is -0.163. The number of aliphatic carboxylic acids is 1. The summed E-state index contributed by atoms with van der Waals surface area (Å²) in [4.78, 5) is 10.4. The Labute approximate surface area is 89.7 Å². The van der Waals surface area contributed by atoms with Crippen LogP contribution in [0, 0.1) is 6.92 Å². The standard InChI is InChI=1S/C9H11F3N2O2/c1-5-6(4-14(2)13-5)7(3-8(15)16)9(10,11)12/h4,7H,3H2,1-2H3,(H,15,16). The second-order valence-corrected chi connectivity index (χ2v) is 3.54. The Hall–Kier alpha value is -1.53. The van der Waals surface area contributed by atoms with Crippen LogP contribution < -0.4 is 0 Å². The number of carboxylic acids is 1. The molecule has 0 aliphatic rings. The Morgan fingerprint density at radius 1 is 1.62 bits per heavy atom. The Morgan fingerprint density at radius 2 is 2.19 bits per heavy atom. The minimum absolute atomic E-state index is 0.0857. The van der Waals surface area contributed by atoms with Crippen LogP contribution in [0.5, 0.6) is 0 Å². The summed E-state index contributed by atoms with van der Waals surface area (Å²) in [7, 11) is 1.49. The van der Waals surface area contributed by atoms with Gasteiger partial charge in [-0.2, -0.15) is 18.3 Å². The molecule has 0 aliphatic heterocycles. The Morgan fingerprint density at radius 3 is 2.50 bits per heavy atom. The van der Waals surface area contributed by atoms with Crippen molar-refractivity contribution in [3.8, 4) is 0 Å². The number of carbonyl (C=O) groups is 1. The average Bonchev–Trinajstić information content (AvgIpc) is 2.38. The van der Waals surface area contributed by atoms with E-state index in [1.54, 1.807) is 0 Å². The second-order valence-electron chi connectivity index (χ2n) is 3.54. The van der Waals surface area contributed by atoms with Crippen LogP contribution in [0.2, 0.25) is 0 Å². The number of rotatable bonds is 3. The van der Waals surface area contributed by atoms with Crippen LogP contribution in [0.1, 0.15) is 23.6 Å². The molecule has 7 heteroatoms. The number of hydrogen-bond acceptors (Lipinski definition) is 2. The third-order valence-electron chi connectivity index (χ3n) is 2.20. The van der Waals surface area contributed by atoms with Gasteiger partial charge in [-0.3, -0.25) is 9.48 Å². The maximum absolute atomic E-state index is 12.7. The zero-order valence-corrected chi connectivity index (χ0v) is 8.75. The molecule has 0 saturated carbocycles. The van der Waals surface area contributed by atoms with Crippen molar-refractivity contribution in [2.75, 3.05) is 0 Å². The largest absolute Gasteiger partial charge is 0.481 e. The van der Waals surface area contributed by atoms with E-state index in [2.05, 4.69) is 5.10 Å². The smallest absolute Gasteiger partial charge is 0.396 e. The molecule has 16 heavy (non-hydrogen) atoms. The summed E-state index contributed by atoms with van der Waals surface area (Å²) in [5, 5.41) is 12.3. The van der Waals surface area contributed by atoms with E-state index in [1.165, 1.54) is 24.9 Å². The number of alkyl halides is 3. The van der Waals surface area contributed by atoms with Gasteiger partial charge in [-0.05, 0) is 6.92 Å². The van der Waals surface area contributed by atoms with Gasteiger partial charge < -0.3 is 5.11 Å². The highest BCUT2D eigenvalue weighted by molar-refractivity contribution is 5.68. The highest BCUT2D eigenvalue weighted by Gasteiger charge is 2.43. The first kappa shape index (κ1) is 12.5. The van der Waals surface area contributed by atoms with Crippen LogP contribution >= 0.6 is 0 Å². The van der Waals surface area contributed by atoms with Crippen LogP contribution in [-0.4, -0.2) is 27.0 Å². The maximum Gasteiger partial charge on any atom is 0.396 e. The molecule has 1 unspecified atom stereocenters. The third-order valence-corrected chi connectivity index (χ3v) is 2.20. The summed E-state index contributed by atoms with van der Waals surface area (Å²) in [6.45, 7) is 1.43. The summed E-state index contributed by atoms with van der Waals surface area (Å²) in [6.07, 6.45) is -4.35. The van der Waals surface area contributed by atoms with Crippen molar-refractivity contribution in [3.05, 3.63) is 17.5 Å². The topological polar surface area (TPSA) is 55.1 Å². The number of aromatic nitrogens is 2. The normalized spacial score (nSPS) is 13.8. The number of aryl methyl sites for hydroxylation is 2. The molecular formula is C9H11F3N2O2. The first-order valence-corrected chi connectivity index (χ1v) is 4.50. The van der Waals surface area contributed by atoms with E-state index in [1.807, 2.05) is 0 Å². The van der Waals surface area contributed by atoms with E-state index in [4.69, 9.17) is 5.11 Å². The molecule has 1 rings (SSSR count). The lowest BCUT2D eigenvalue weighted by atomic mass is 9.96. The fourth-order valence-corrected chi connectivity index (χ4v) is 1.54. The molecule has 0 saturated heterocycles. The van der Waals surface area contributed by atoms with Crippen molar-refractivity contribution < 1.29 is 23.1 Å². The van der Waals surface area contributed by atoms with Gasteiger partial charge in [0.1, 0.15) is 0 Å². The van der Waals surface area contributed by atoms with Gasteiger partial charge in [-0.15, -0.1) is 0 Å². The van der Waals surface area contributed by atoms with E-state index in [0.717, 1.165) is 0 Å². The summed E-state index contributed by atoms with van der Waals surface area (Å²) in [6, 6.07) is 0. The summed E-state index contributed by atoms with van der Waals surface area (Å²) < 4.78 is 39.2. The van der Waals surface area contributed by atoms with Gasteiger partial charge in [0.25, 0.3) is 0 Å². The van der Waals surface area contributed by atoms with Gasteiger partial charge in [0.15, 0.2) is 0 Å². The molecule has 0 aliphatic carbocycles. The molecule has 0 radical (unpaired) electrons. The van der Waals surface area contributed by atoms with E-state index >= 15 is 0 Å². The van der Waals surface area contributed by atoms with Crippen molar-refractivity contribution in [1.29, 1.82) is 0 Å². The van der Waals surface area contributed by atoms with Crippen LogP contribution in [0.3, 0.4) is 0 Å². The number of nitrogens with zero attached hydrogens (tertiary/aromatic N) is 2. The predicted molar refractivity (Wildman–Crippen MR) is 49.0 cm³/mol. The second kappa shape index (κ2) is 4.15. The number of carboxylic acid groups (broad SMARTS) is 1. The maximum atomic E-state index is 12.7. The summed E-state index contributed by atoms with van der Waals surface area (Å²) in [5.74, 6) is -3.48. The Balaban J connectivity index is 3.11. The van der Waals surface area contributed by atoms with E-state index < -0.39 is 24.5 Å². The Kier molecular flexibility index (Phi) is 3.25. The monoisotopic (exact) mass is 236 g/mol. The van der Waals surface area contributed by atoms with Crippen molar-refractivity contribution in [2.45, 2.75) is 25.4 Å². The number of halogens is 3. The van der Waals surface area contributed by atoms with Crippen LogP contribution in [0.15, 0.2) is 6.20 Å². The molecule has 0 amide bonds. The molecule has 0 spiro atoms. The molecule has 1 aromatic heterocycles. The SMILES string of the molecule is Cc1nn(C)cc1C(CC(=O)O)C(F)(F)F. The van der Waals surface area contributed by atoms with Crippen LogP contribution in [-0.2, 0) is 11.8 Å². The first-order chi connectivity index (χ1) is 7.21. The molecule has 0 aromatic carbocycles. The van der Waals surface area contributed by atoms with Gasteiger partial charge in [0.2, 0.25) is 0 Å². The van der Waals surface area contributed by atoms with Crippen LogP contribution in [0.25, 0.3) is 0 Å². The Bertz CT molecular complexity index is 398. The minimum atomic E-state index is -4.58. The lowest BCUT2D eigenvalue weighted by Crippen LogP contribution is -2.23. The van der Waals surface area contributed by atoms with Crippen molar-refractivity contribution in [1.82, 2.24) is 9.78 Å². The molecule has 4 nitrogen and oxygen atoms in total. The molecular weight excluding hydrogens is 225 g/mol. The molecule has 0 fully saturated rings. The highest BCUT2D eigenvalue weighted by atomic mass is 19.4. The molecule has 0 bridgehead atoms. The minimum Gasteiger partial charge on any atom is -0.481 e. The third kappa shape index (κ3) is 2.74. The van der Waals surface area contributed by atoms with Gasteiger partial charge in [0.05, 0.1) is 18.0 Å². The molecule has 1 atom stereocenters. The predicted octanol–water partition coefficient (Wildman–Crippen LogP) is 1.85. The average molecular weight is 236 g/mol. The van der Waals surface area contributed by atoms with Gasteiger partial charge in [-0.1, -0.05) is 0 Å². The van der Waals surface area contributed by atoms with Crippen LogP contribution in [0.4, 0.5) is 13.2 Å². The van der Waals surface area contributed by atoms with Crippen molar-refractivity contribution >= 4 is 5.97 Å². The van der Waals surface area contributed by atoms with E-state index in [9.17, 15) is 18.0 Å². The van der Waals surface area contributed by atoms with Gasteiger partial charge in [0, 0.05) is 18.8 Å². The fraction of sp³-hybridized carbons (Fsp3) is 0.556. The molecule has 1 aromatic rings. The highest BCUT2D eigenvalue weighted by Crippen LogP contribution is 2.38. The quantitative estimate of drug-likeness (QED) is 0.871. The zero-order valence-electron chi connectivity index (χ0n) is 8.75. The van der Waals surface area contributed by atoms with E-state index in [0.29, 0.717) is 0 Å². The van der Waals surface area contributed by atoms with Crippen molar-refractivity contribution in [2.24, 2.45) is 7.05 Å². The van der Waals surface area contributed by atoms with Gasteiger partial charge >= 0.3 is 12.1 Å². The fourth-order valence-electron chi connectivity index (χ4n) is 1.54. The number of hydrogen-bond donors (Lipinski definition) is 1. The summed E-state index contributed by atoms with van der Waals surface area (Å²) >= 11 is 0. The van der Waals surface area contributed by atoms with Gasteiger partial charge in [-0.25, -0.2) is 0 Å². The zero-order chi connectivity index (χ0) is 12.5. The molecule has 90 valence electrons. The van der Waals surface area contributed by atoms with E-state index in [-0.39, 0.29) is 11.3 Å². The molecule has 1 N–H and O–H groups in total. The van der Waals surface area contributed by atoms with Crippen molar-refractivity contribution in [3.63, 3.8) is 0 Å². The lowest BCUT2D eigenvalue weighted by Gasteiger charge is -2.17. The summed E-state index contributed by atoms with van der Waals surface area (Å²) in [5.41, 5.74) is 0.114. The molecule has 1 heterocycles.